The lowest BCUT2D eigenvalue weighted by Gasteiger charge is -2.21. The Balaban J connectivity index is 0.00000136. The zero-order valence-corrected chi connectivity index (χ0v) is 19.8. The average molecular weight is 534 g/mol. The van der Waals surface area contributed by atoms with E-state index in [1.807, 2.05) is 64.0 Å². The molecule has 1 aliphatic rings. The molecule has 1 aliphatic heterocycles. The SMILES string of the molecule is CI.COc1ccc2c(c1)N(CCCS(=O)(=O)[O-])/C(=C/c1cccc[n+]1C)S2. The number of ether oxygens (including phenoxy) is 1. The van der Waals surface area contributed by atoms with E-state index in [0.29, 0.717) is 6.54 Å². The molecule has 0 spiro atoms. The zero-order chi connectivity index (χ0) is 20.7. The Bertz CT molecular complexity index is 949. The maximum atomic E-state index is 11.0. The van der Waals surface area contributed by atoms with E-state index < -0.39 is 10.1 Å². The second-order valence-electron chi connectivity index (χ2n) is 5.92. The molecule has 0 atom stereocenters. The highest BCUT2D eigenvalue weighted by molar-refractivity contribution is 14.1. The molecule has 0 bridgehead atoms. The van der Waals surface area contributed by atoms with Crippen molar-refractivity contribution in [2.45, 2.75) is 11.3 Å². The highest BCUT2D eigenvalue weighted by Gasteiger charge is 2.26. The van der Waals surface area contributed by atoms with Crippen LogP contribution < -0.4 is 14.2 Å². The molecular weight excluding hydrogens is 511 g/mol. The van der Waals surface area contributed by atoms with Crippen LogP contribution >= 0.6 is 34.4 Å². The van der Waals surface area contributed by atoms with Crippen molar-refractivity contribution >= 4 is 56.2 Å². The van der Waals surface area contributed by atoms with Gasteiger partial charge >= 0.3 is 0 Å². The van der Waals surface area contributed by atoms with Gasteiger partial charge in [0.2, 0.25) is 5.69 Å². The summed E-state index contributed by atoms with van der Waals surface area (Å²) in [6, 6.07) is 11.8. The summed E-state index contributed by atoms with van der Waals surface area (Å²) in [5, 5.41) is 0.985. The van der Waals surface area contributed by atoms with Gasteiger partial charge in [0, 0.05) is 41.5 Å². The number of halogens is 1. The maximum Gasteiger partial charge on any atom is 0.207 e. The summed E-state index contributed by atoms with van der Waals surface area (Å²) in [6.07, 6.45) is 4.29. The smallest absolute Gasteiger partial charge is 0.207 e. The predicted octanol–water partition coefficient (Wildman–Crippen LogP) is 3.42. The molecule has 0 aliphatic carbocycles. The highest BCUT2D eigenvalue weighted by Crippen LogP contribution is 2.47. The van der Waals surface area contributed by atoms with Crippen LogP contribution in [0.4, 0.5) is 5.69 Å². The molecular formula is C19H23IN2O4S2. The molecule has 0 unspecified atom stereocenters. The third kappa shape index (κ3) is 6.10. The van der Waals surface area contributed by atoms with Gasteiger partial charge in [0.1, 0.15) is 12.8 Å². The standard InChI is InChI=1S/C18H20N2O4S2.CH3I/c1-19-9-4-3-6-14(19)12-18-20(10-5-11-26(21,22)23)16-13-15(24-2)7-8-17(16)25-18;1-2/h3-4,6-9,12-13H,5,10-11H2,1-2H3;1H3. The van der Waals surface area contributed by atoms with Crippen LogP contribution in [0.5, 0.6) is 5.75 Å². The van der Waals surface area contributed by atoms with Crippen LogP contribution in [0.1, 0.15) is 12.1 Å². The maximum absolute atomic E-state index is 11.0. The first-order valence-electron chi connectivity index (χ1n) is 8.48. The number of thioether (sulfide) groups is 1. The Kier molecular flexibility index (Phi) is 8.59. The topological polar surface area (TPSA) is 73.5 Å². The number of hydrogen-bond acceptors (Lipinski definition) is 6. The monoisotopic (exact) mass is 534 g/mol. The number of hydrogen-bond donors (Lipinski definition) is 0. The van der Waals surface area contributed by atoms with Crippen LogP contribution in [0.15, 0.2) is 52.5 Å². The minimum absolute atomic E-state index is 0.265. The molecule has 0 saturated heterocycles. The molecule has 9 heteroatoms. The minimum Gasteiger partial charge on any atom is -0.748 e. The van der Waals surface area contributed by atoms with Gasteiger partial charge in [0.15, 0.2) is 6.20 Å². The Hall–Kier alpha value is -1.30. The van der Waals surface area contributed by atoms with Crippen molar-refractivity contribution < 1.29 is 22.3 Å². The van der Waals surface area contributed by atoms with Gasteiger partial charge in [0.25, 0.3) is 0 Å². The average Bonchev–Trinajstić information content (AvgIpc) is 3.01. The number of pyridine rings is 1. The Morgan fingerprint density at radius 1 is 1.29 bits per heavy atom. The molecule has 3 rings (SSSR count). The van der Waals surface area contributed by atoms with E-state index in [1.54, 1.807) is 18.9 Å². The van der Waals surface area contributed by atoms with Crippen LogP contribution in [-0.2, 0) is 17.2 Å². The molecule has 6 nitrogen and oxygen atoms in total. The van der Waals surface area contributed by atoms with Gasteiger partial charge in [-0.15, -0.1) is 0 Å². The minimum atomic E-state index is -4.22. The first-order valence-corrected chi connectivity index (χ1v) is 13.0. The highest BCUT2D eigenvalue weighted by atomic mass is 127. The Morgan fingerprint density at radius 2 is 2.04 bits per heavy atom. The van der Waals surface area contributed by atoms with Crippen LogP contribution in [0.2, 0.25) is 0 Å². The quantitative estimate of drug-likeness (QED) is 0.245. The number of anilines is 1. The van der Waals surface area contributed by atoms with Gasteiger partial charge < -0.3 is 14.2 Å². The van der Waals surface area contributed by atoms with Crippen LogP contribution in [0.25, 0.3) is 6.08 Å². The summed E-state index contributed by atoms with van der Waals surface area (Å²) in [5.41, 5.74) is 1.98. The third-order valence-corrected chi connectivity index (χ3v) is 5.98. The van der Waals surface area contributed by atoms with Gasteiger partial charge in [-0.2, -0.15) is 0 Å². The van der Waals surface area contributed by atoms with Crippen molar-refractivity contribution in [3.05, 3.63) is 53.3 Å². The van der Waals surface area contributed by atoms with Gasteiger partial charge in [0.05, 0.1) is 27.9 Å². The molecule has 0 fully saturated rings. The van der Waals surface area contributed by atoms with E-state index in [4.69, 9.17) is 4.74 Å². The number of nitrogens with zero attached hydrogens (tertiary/aromatic N) is 2. The molecule has 1 aromatic carbocycles. The van der Waals surface area contributed by atoms with Crippen molar-refractivity contribution in [2.24, 2.45) is 7.05 Å². The molecule has 0 saturated carbocycles. The lowest BCUT2D eigenvalue weighted by molar-refractivity contribution is -0.673. The van der Waals surface area contributed by atoms with E-state index in [-0.39, 0.29) is 12.2 Å². The Morgan fingerprint density at radius 3 is 2.68 bits per heavy atom. The number of alkyl halides is 1. The molecule has 1 aromatic heterocycles. The lowest BCUT2D eigenvalue weighted by atomic mass is 10.2. The molecule has 2 heterocycles. The van der Waals surface area contributed by atoms with Crippen molar-refractivity contribution in [3.63, 3.8) is 0 Å². The molecule has 0 radical (unpaired) electrons. The number of rotatable bonds is 6. The number of benzene rings is 1. The summed E-state index contributed by atoms with van der Waals surface area (Å²) in [6.45, 7) is 0.441. The van der Waals surface area contributed by atoms with E-state index in [9.17, 15) is 13.0 Å². The summed E-state index contributed by atoms with van der Waals surface area (Å²) < 4.78 is 40.2. The summed E-state index contributed by atoms with van der Waals surface area (Å²) in [5.74, 6) is 0.358. The zero-order valence-electron chi connectivity index (χ0n) is 16.0. The molecule has 0 amide bonds. The molecule has 28 heavy (non-hydrogen) atoms. The Labute approximate surface area is 184 Å². The van der Waals surface area contributed by atoms with E-state index >= 15 is 0 Å². The van der Waals surface area contributed by atoms with Crippen molar-refractivity contribution in [1.82, 2.24) is 0 Å². The van der Waals surface area contributed by atoms with Crippen molar-refractivity contribution in [3.8, 4) is 5.75 Å². The first kappa shape index (κ1) is 23.0. The van der Waals surface area contributed by atoms with Crippen molar-refractivity contribution in [1.29, 1.82) is 0 Å². The van der Waals surface area contributed by atoms with Gasteiger partial charge in [-0.25, -0.2) is 13.0 Å². The number of fused-ring (bicyclic) bond motifs is 1. The fraction of sp³-hybridized carbons (Fsp3) is 0.316. The number of aromatic nitrogens is 1. The summed E-state index contributed by atoms with van der Waals surface area (Å²) >= 11 is 3.77. The lowest BCUT2D eigenvalue weighted by Crippen LogP contribution is -2.31. The van der Waals surface area contributed by atoms with Gasteiger partial charge in [-0.05, 0) is 29.6 Å². The van der Waals surface area contributed by atoms with Crippen LogP contribution in [0.3, 0.4) is 0 Å². The van der Waals surface area contributed by atoms with Crippen LogP contribution in [-0.4, -0.2) is 37.3 Å². The third-order valence-electron chi connectivity index (χ3n) is 4.08. The summed E-state index contributed by atoms with van der Waals surface area (Å²) in [7, 11) is -0.642. The van der Waals surface area contributed by atoms with Gasteiger partial charge in [-0.3, -0.25) is 0 Å². The second-order valence-corrected chi connectivity index (χ2v) is 8.51. The normalized spacial score (nSPS) is 14.5. The second kappa shape index (κ2) is 10.5. The van der Waals surface area contributed by atoms with E-state index in [2.05, 4.69) is 28.7 Å². The fourth-order valence-corrected chi connectivity index (χ4v) is 4.36. The van der Waals surface area contributed by atoms with E-state index in [0.717, 1.165) is 27.1 Å². The fourth-order valence-electron chi connectivity index (χ4n) is 2.76. The molecule has 0 N–H and O–H groups in total. The number of aryl methyl sites for hydroxylation is 1. The van der Waals surface area contributed by atoms with Crippen molar-refractivity contribution in [2.75, 3.05) is 29.2 Å². The largest absolute Gasteiger partial charge is 0.748 e. The first-order chi connectivity index (χ1) is 13.4. The molecule has 2 aromatic rings. The van der Waals surface area contributed by atoms with Gasteiger partial charge in [-0.1, -0.05) is 34.4 Å². The number of methoxy groups -OCH3 is 1. The van der Waals surface area contributed by atoms with E-state index in [1.165, 1.54) is 0 Å². The predicted molar refractivity (Wildman–Crippen MR) is 121 cm³/mol. The van der Waals surface area contributed by atoms with Crippen LogP contribution in [0, 0.1) is 0 Å². The summed E-state index contributed by atoms with van der Waals surface area (Å²) in [4.78, 5) is 5.08. The molecule has 152 valence electrons.